The number of hydrogen-bond donors (Lipinski definition) is 2. The first-order valence-corrected chi connectivity index (χ1v) is 9.32. The van der Waals surface area contributed by atoms with E-state index >= 15 is 0 Å². The molecule has 0 aliphatic heterocycles. The van der Waals surface area contributed by atoms with Crippen molar-refractivity contribution in [3.63, 3.8) is 0 Å². The van der Waals surface area contributed by atoms with E-state index < -0.39 is 5.82 Å². The quantitative estimate of drug-likeness (QED) is 0.591. The van der Waals surface area contributed by atoms with Gasteiger partial charge < -0.3 is 20.1 Å². The molecule has 2 aromatic carbocycles. The summed E-state index contributed by atoms with van der Waals surface area (Å²) in [7, 11) is 3.63. The third-order valence-electron chi connectivity index (χ3n) is 4.06. The number of hydrogen-bond acceptors (Lipinski definition) is 6. The number of aromatic nitrogens is 2. The predicted octanol–water partition coefficient (Wildman–Crippen LogP) is 2.95. The topological polar surface area (TPSA) is 100 Å². The summed E-state index contributed by atoms with van der Waals surface area (Å²) in [6.45, 7) is 0.285. The number of amides is 2. The molecule has 2 amide bonds. The lowest BCUT2D eigenvalue weighted by atomic mass is 10.2. The second kappa shape index (κ2) is 9.75. The minimum absolute atomic E-state index is 0.119. The number of anilines is 2. The second-order valence-electron chi connectivity index (χ2n) is 6.90. The summed E-state index contributed by atoms with van der Waals surface area (Å²) in [5.74, 6) is -0.391. The monoisotopic (exact) mass is 411 g/mol. The van der Waals surface area contributed by atoms with Crippen molar-refractivity contribution in [2.24, 2.45) is 0 Å². The van der Waals surface area contributed by atoms with Crippen molar-refractivity contribution < 1.29 is 18.5 Å². The molecule has 1 heterocycles. The van der Waals surface area contributed by atoms with Crippen LogP contribution < -0.4 is 10.6 Å². The van der Waals surface area contributed by atoms with Crippen LogP contribution >= 0.6 is 0 Å². The largest absolute Gasteiger partial charge is 0.339 e. The van der Waals surface area contributed by atoms with Crippen LogP contribution in [0.5, 0.6) is 0 Å². The Balaban J connectivity index is 1.49. The van der Waals surface area contributed by atoms with Crippen LogP contribution in [0, 0.1) is 5.82 Å². The first-order valence-electron chi connectivity index (χ1n) is 9.32. The zero-order chi connectivity index (χ0) is 21.5. The van der Waals surface area contributed by atoms with Crippen LogP contribution in [0.15, 0.2) is 53.1 Å². The lowest BCUT2D eigenvalue weighted by Gasteiger charge is -2.10. The molecule has 0 aliphatic carbocycles. The van der Waals surface area contributed by atoms with Crippen LogP contribution in [0.1, 0.15) is 12.3 Å². The van der Waals surface area contributed by atoms with Gasteiger partial charge in [-0.05, 0) is 50.5 Å². The Kier molecular flexibility index (Phi) is 6.87. The highest BCUT2D eigenvalue weighted by molar-refractivity contribution is 5.93. The average molecular weight is 411 g/mol. The average Bonchev–Trinajstić information content (AvgIpc) is 3.16. The molecule has 156 valence electrons. The van der Waals surface area contributed by atoms with E-state index in [1.54, 1.807) is 47.4 Å². The Morgan fingerprint density at radius 2 is 1.63 bits per heavy atom. The predicted molar refractivity (Wildman–Crippen MR) is 110 cm³/mol. The summed E-state index contributed by atoms with van der Waals surface area (Å²) in [6.07, 6.45) is 0.353. The fourth-order valence-corrected chi connectivity index (χ4v) is 2.68. The van der Waals surface area contributed by atoms with Gasteiger partial charge in [0, 0.05) is 24.2 Å². The molecule has 3 rings (SSSR count). The Morgan fingerprint density at radius 1 is 1.00 bits per heavy atom. The van der Waals surface area contributed by atoms with Gasteiger partial charge >= 0.3 is 0 Å². The molecule has 0 saturated heterocycles. The molecule has 0 radical (unpaired) electrons. The molecule has 9 heteroatoms. The van der Waals surface area contributed by atoms with Gasteiger partial charge in [0.2, 0.25) is 23.5 Å². The number of nitrogens with zero attached hydrogens (tertiary/aromatic N) is 3. The van der Waals surface area contributed by atoms with Gasteiger partial charge in [-0.3, -0.25) is 9.59 Å². The Bertz CT molecular complexity index is 1020. The highest BCUT2D eigenvalue weighted by atomic mass is 19.1. The fraction of sp³-hybridized carbons (Fsp3) is 0.238. The van der Waals surface area contributed by atoms with Crippen LogP contribution in [0.3, 0.4) is 0 Å². The summed E-state index contributed by atoms with van der Waals surface area (Å²) in [4.78, 5) is 29.8. The molecule has 3 aromatic rings. The van der Waals surface area contributed by atoms with Crippen LogP contribution in [-0.4, -0.2) is 47.5 Å². The maximum absolute atomic E-state index is 13.8. The van der Waals surface area contributed by atoms with E-state index in [-0.39, 0.29) is 48.5 Å². The van der Waals surface area contributed by atoms with E-state index in [4.69, 9.17) is 4.52 Å². The SMILES string of the molecule is CN(C)CC(=O)Nc1ccc(NC(=O)CCc2nc(-c3ccccc3F)no2)cc1. The van der Waals surface area contributed by atoms with Crippen molar-refractivity contribution in [1.82, 2.24) is 15.0 Å². The molecule has 2 N–H and O–H groups in total. The maximum Gasteiger partial charge on any atom is 0.238 e. The van der Waals surface area contributed by atoms with E-state index in [1.165, 1.54) is 6.07 Å². The van der Waals surface area contributed by atoms with Crippen molar-refractivity contribution in [2.75, 3.05) is 31.3 Å². The molecule has 30 heavy (non-hydrogen) atoms. The molecule has 8 nitrogen and oxygen atoms in total. The number of benzene rings is 2. The van der Waals surface area contributed by atoms with Crippen LogP contribution in [0.4, 0.5) is 15.8 Å². The minimum Gasteiger partial charge on any atom is -0.339 e. The number of carbonyl (C=O) groups excluding carboxylic acids is 2. The molecular weight excluding hydrogens is 389 g/mol. The molecule has 0 atom stereocenters. The molecule has 0 unspecified atom stereocenters. The summed E-state index contributed by atoms with van der Waals surface area (Å²) >= 11 is 0. The number of likely N-dealkylation sites (N-methyl/N-ethyl adjacent to an activating group) is 1. The minimum atomic E-state index is -0.441. The molecule has 0 aliphatic rings. The number of halogens is 1. The van der Waals surface area contributed by atoms with Gasteiger partial charge in [0.05, 0.1) is 12.1 Å². The number of nitrogens with one attached hydrogen (secondary N) is 2. The van der Waals surface area contributed by atoms with Crippen LogP contribution in [0.2, 0.25) is 0 Å². The maximum atomic E-state index is 13.8. The van der Waals surface area contributed by atoms with Crippen molar-refractivity contribution in [3.05, 3.63) is 60.2 Å². The Hall–Kier alpha value is -3.59. The van der Waals surface area contributed by atoms with Crippen molar-refractivity contribution in [3.8, 4) is 11.4 Å². The van der Waals surface area contributed by atoms with E-state index in [1.807, 2.05) is 14.1 Å². The summed E-state index contributed by atoms with van der Waals surface area (Å²) < 4.78 is 18.9. The molecular formula is C21H22FN5O3. The van der Waals surface area contributed by atoms with E-state index in [9.17, 15) is 14.0 Å². The third-order valence-corrected chi connectivity index (χ3v) is 4.06. The molecule has 1 aromatic heterocycles. The van der Waals surface area contributed by atoms with E-state index in [0.29, 0.717) is 11.4 Å². The zero-order valence-corrected chi connectivity index (χ0v) is 16.7. The highest BCUT2D eigenvalue weighted by Gasteiger charge is 2.13. The van der Waals surface area contributed by atoms with E-state index in [2.05, 4.69) is 20.8 Å². The van der Waals surface area contributed by atoms with Crippen LogP contribution in [0.25, 0.3) is 11.4 Å². The van der Waals surface area contributed by atoms with Gasteiger partial charge in [-0.25, -0.2) is 4.39 Å². The number of rotatable bonds is 8. The van der Waals surface area contributed by atoms with Gasteiger partial charge in [-0.15, -0.1) is 0 Å². The molecule has 0 saturated carbocycles. The van der Waals surface area contributed by atoms with E-state index in [0.717, 1.165) is 0 Å². The first kappa shape index (κ1) is 21.1. The first-order chi connectivity index (χ1) is 14.4. The van der Waals surface area contributed by atoms with Crippen molar-refractivity contribution in [1.29, 1.82) is 0 Å². The van der Waals surface area contributed by atoms with Gasteiger partial charge in [0.15, 0.2) is 0 Å². The number of aryl methyl sites for hydroxylation is 1. The second-order valence-corrected chi connectivity index (χ2v) is 6.90. The van der Waals surface area contributed by atoms with Gasteiger partial charge in [-0.2, -0.15) is 4.98 Å². The number of carbonyl (C=O) groups is 2. The third kappa shape index (κ3) is 5.95. The van der Waals surface area contributed by atoms with Crippen molar-refractivity contribution in [2.45, 2.75) is 12.8 Å². The molecule has 0 fully saturated rings. The van der Waals surface area contributed by atoms with Gasteiger partial charge in [-0.1, -0.05) is 17.3 Å². The molecule has 0 spiro atoms. The Labute approximate surface area is 173 Å². The van der Waals surface area contributed by atoms with Crippen molar-refractivity contribution >= 4 is 23.2 Å². The normalized spacial score (nSPS) is 10.8. The summed E-state index contributed by atoms with van der Waals surface area (Å²) in [6, 6.07) is 13.0. The van der Waals surface area contributed by atoms with Gasteiger partial charge in [0.25, 0.3) is 0 Å². The standard InChI is InChI=1S/C21H22FN5O3/c1-27(2)13-19(29)24-15-9-7-14(8-10-15)23-18(28)11-12-20-25-21(26-30-20)16-5-3-4-6-17(16)22/h3-10H,11-13H2,1-2H3,(H,23,28)(H,24,29). The summed E-state index contributed by atoms with van der Waals surface area (Å²) in [5, 5.41) is 9.30. The Morgan fingerprint density at radius 3 is 2.27 bits per heavy atom. The lowest BCUT2D eigenvalue weighted by Crippen LogP contribution is -2.27. The highest BCUT2D eigenvalue weighted by Crippen LogP contribution is 2.20. The fourth-order valence-electron chi connectivity index (χ4n) is 2.68. The lowest BCUT2D eigenvalue weighted by molar-refractivity contribution is -0.117. The zero-order valence-electron chi connectivity index (χ0n) is 16.7. The smallest absolute Gasteiger partial charge is 0.238 e. The summed E-state index contributed by atoms with van der Waals surface area (Å²) in [5.41, 5.74) is 1.49. The van der Waals surface area contributed by atoms with Crippen LogP contribution in [-0.2, 0) is 16.0 Å². The van der Waals surface area contributed by atoms with Gasteiger partial charge in [0.1, 0.15) is 5.82 Å². The molecule has 0 bridgehead atoms.